The highest BCUT2D eigenvalue weighted by Crippen LogP contribution is 2.43. The van der Waals surface area contributed by atoms with Crippen LogP contribution in [0.5, 0.6) is 0 Å². The number of unbranched alkanes of at least 4 members (excludes halogenated alkanes) is 1. The van der Waals surface area contributed by atoms with Gasteiger partial charge in [-0.15, -0.1) is 5.10 Å². The van der Waals surface area contributed by atoms with Crippen molar-refractivity contribution in [2.24, 2.45) is 7.05 Å². The highest BCUT2D eigenvalue weighted by Gasteiger charge is 2.42. The largest absolute Gasteiger partial charge is 0.462 e. The zero-order valence-electron chi connectivity index (χ0n) is 30.3. The molecule has 0 atom stereocenters. The van der Waals surface area contributed by atoms with Crippen molar-refractivity contribution in [3.63, 3.8) is 0 Å². The van der Waals surface area contributed by atoms with Gasteiger partial charge in [-0.05, 0) is 57.2 Å². The van der Waals surface area contributed by atoms with Gasteiger partial charge < -0.3 is 9.64 Å². The van der Waals surface area contributed by atoms with Gasteiger partial charge in [0.1, 0.15) is 16.9 Å². The molecule has 0 amide bonds. The van der Waals surface area contributed by atoms with Crippen LogP contribution in [0.4, 0.5) is 5.82 Å². The molecule has 9 heteroatoms. The lowest BCUT2D eigenvalue weighted by Crippen LogP contribution is -2.39. The number of carbonyl (C=O) groups excluding carboxylic acids is 1. The van der Waals surface area contributed by atoms with Gasteiger partial charge in [0.05, 0.1) is 12.8 Å². The van der Waals surface area contributed by atoms with Gasteiger partial charge in [-0.25, -0.2) is 9.48 Å². The predicted molar refractivity (Wildman–Crippen MR) is 208 cm³/mol. The molecule has 0 aliphatic carbocycles. The van der Waals surface area contributed by atoms with E-state index in [-0.39, 0.29) is 5.97 Å². The van der Waals surface area contributed by atoms with E-state index in [0.29, 0.717) is 24.5 Å². The van der Waals surface area contributed by atoms with Crippen LogP contribution in [0, 0.1) is 0 Å². The maximum atomic E-state index is 12.9. The first-order valence-corrected chi connectivity index (χ1v) is 18.1. The molecule has 0 radical (unpaired) electrons. The Balaban J connectivity index is 1.30. The van der Waals surface area contributed by atoms with Gasteiger partial charge in [-0.1, -0.05) is 153 Å². The zero-order chi connectivity index (χ0) is 36.6. The van der Waals surface area contributed by atoms with Crippen molar-refractivity contribution < 1.29 is 9.53 Å². The number of hydrogen-bond donors (Lipinski definition) is 0. The standard InChI is InChI=1S/C44H43N7O2/c1-4-6-30-50(42-40(31-45-49(42)3)43(52)53-5-2)32-33-26-28-34(29-27-33)38-24-16-17-25-39(38)41-46-47-48-51(41)44(35-18-10-7-11-19-35,36-20-12-8-13-21-36)37-22-14-9-15-23-37/h7-29,31H,4-6,30,32H2,1-3H3. The average Bonchev–Trinajstić information content (AvgIpc) is 3.86. The number of tetrazole rings is 1. The molecule has 0 saturated heterocycles. The van der Waals surface area contributed by atoms with E-state index in [1.165, 1.54) is 0 Å². The van der Waals surface area contributed by atoms with Crippen LogP contribution in [0.2, 0.25) is 0 Å². The van der Waals surface area contributed by atoms with Crippen molar-refractivity contribution in [3.8, 4) is 22.5 Å². The van der Waals surface area contributed by atoms with Gasteiger partial charge in [0, 0.05) is 25.7 Å². The maximum absolute atomic E-state index is 12.9. The summed E-state index contributed by atoms with van der Waals surface area (Å²) < 4.78 is 9.10. The lowest BCUT2D eigenvalue weighted by Gasteiger charge is -2.36. The van der Waals surface area contributed by atoms with Crippen molar-refractivity contribution in [3.05, 3.63) is 174 Å². The first-order chi connectivity index (χ1) is 26.1. The fourth-order valence-electron chi connectivity index (χ4n) is 7.19. The average molecular weight is 702 g/mol. The Morgan fingerprint density at radius 2 is 1.30 bits per heavy atom. The lowest BCUT2D eigenvalue weighted by atomic mass is 9.77. The number of hydrogen-bond acceptors (Lipinski definition) is 7. The van der Waals surface area contributed by atoms with E-state index in [2.05, 4.69) is 131 Å². The molecule has 0 fully saturated rings. The first-order valence-electron chi connectivity index (χ1n) is 18.1. The Labute approximate surface area is 310 Å². The van der Waals surface area contributed by atoms with Crippen LogP contribution < -0.4 is 4.90 Å². The molecule has 9 nitrogen and oxygen atoms in total. The van der Waals surface area contributed by atoms with E-state index < -0.39 is 5.54 Å². The highest BCUT2D eigenvalue weighted by molar-refractivity contribution is 5.94. The van der Waals surface area contributed by atoms with E-state index >= 15 is 0 Å². The summed E-state index contributed by atoms with van der Waals surface area (Å²) in [6.07, 6.45) is 3.60. The predicted octanol–water partition coefficient (Wildman–Crippen LogP) is 8.56. The fraction of sp³-hybridized carbons (Fsp3) is 0.205. The van der Waals surface area contributed by atoms with Crippen molar-refractivity contribution >= 4 is 11.8 Å². The molecule has 266 valence electrons. The Morgan fingerprint density at radius 1 is 0.736 bits per heavy atom. The quantitative estimate of drug-likeness (QED) is 0.0829. The first kappa shape index (κ1) is 35.1. The Bertz CT molecular complexity index is 2150. The van der Waals surface area contributed by atoms with Crippen LogP contribution in [0.3, 0.4) is 0 Å². The van der Waals surface area contributed by atoms with Crippen molar-refractivity contribution in [2.75, 3.05) is 18.1 Å². The lowest BCUT2D eigenvalue weighted by molar-refractivity contribution is 0.0527. The molecule has 0 saturated carbocycles. The van der Waals surface area contributed by atoms with Gasteiger partial charge in [0.15, 0.2) is 5.82 Å². The number of esters is 1. The normalized spacial score (nSPS) is 11.4. The minimum atomic E-state index is -0.865. The summed E-state index contributed by atoms with van der Waals surface area (Å²) in [5.41, 5.74) is 6.81. The number of nitrogens with zero attached hydrogens (tertiary/aromatic N) is 7. The number of carbonyl (C=O) groups is 1. The molecule has 5 aromatic carbocycles. The second kappa shape index (κ2) is 15.9. The number of aryl methyl sites for hydroxylation is 1. The highest BCUT2D eigenvalue weighted by atomic mass is 16.5. The van der Waals surface area contributed by atoms with Crippen molar-refractivity contribution in [2.45, 2.75) is 38.8 Å². The van der Waals surface area contributed by atoms with E-state index in [0.717, 1.165) is 64.1 Å². The van der Waals surface area contributed by atoms with Crippen LogP contribution in [-0.2, 0) is 23.9 Å². The number of ether oxygens (including phenoxy) is 1. The minimum absolute atomic E-state index is 0.309. The number of anilines is 1. The molecular weight excluding hydrogens is 659 g/mol. The van der Waals surface area contributed by atoms with Crippen molar-refractivity contribution in [1.82, 2.24) is 30.0 Å². The van der Waals surface area contributed by atoms with E-state index in [1.807, 2.05) is 49.0 Å². The molecule has 53 heavy (non-hydrogen) atoms. The van der Waals surface area contributed by atoms with Crippen molar-refractivity contribution in [1.29, 1.82) is 0 Å². The molecule has 0 spiro atoms. The van der Waals surface area contributed by atoms with Crippen LogP contribution in [0.1, 0.15) is 59.3 Å². The van der Waals surface area contributed by atoms with Crippen LogP contribution >= 0.6 is 0 Å². The monoisotopic (exact) mass is 701 g/mol. The smallest absolute Gasteiger partial charge is 0.343 e. The number of benzene rings is 5. The SMILES string of the molecule is CCCCN(Cc1ccc(-c2ccccc2-c2nnnn2C(c2ccccc2)(c2ccccc2)c2ccccc2)cc1)c1c(C(=O)OCC)cnn1C. The second-order valence-electron chi connectivity index (χ2n) is 13.0. The molecule has 0 N–H and O–H groups in total. The molecule has 0 bridgehead atoms. The third-order valence-electron chi connectivity index (χ3n) is 9.65. The van der Waals surface area contributed by atoms with Gasteiger partial charge in [-0.3, -0.25) is 4.68 Å². The molecule has 0 aliphatic heterocycles. The van der Waals surface area contributed by atoms with Gasteiger partial charge >= 0.3 is 5.97 Å². The summed E-state index contributed by atoms with van der Waals surface area (Å²) in [6, 6.07) is 48.2. The van der Waals surface area contributed by atoms with Crippen LogP contribution in [0.15, 0.2) is 146 Å². The second-order valence-corrected chi connectivity index (χ2v) is 13.0. The molecule has 2 heterocycles. The molecule has 7 aromatic rings. The topological polar surface area (TPSA) is 91.0 Å². The molecule has 0 unspecified atom stereocenters. The van der Waals surface area contributed by atoms with Gasteiger partial charge in [0.25, 0.3) is 0 Å². The van der Waals surface area contributed by atoms with E-state index in [4.69, 9.17) is 15.0 Å². The summed E-state index contributed by atoms with van der Waals surface area (Å²) in [5, 5.41) is 18.2. The van der Waals surface area contributed by atoms with Crippen LogP contribution in [0.25, 0.3) is 22.5 Å². The van der Waals surface area contributed by atoms with E-state index in [9.17, 15) is 4.79 Å². The summed E-state index contributed by atoms with van der Waals surface area (Å²) in [5.74, 6) is 1.05. The third-order valence-corrected chi connectivity index (χ3v) is 9.65. The fourth-order valence-corrected chi connectivity index (χ4v) is 7.19. The maximum Gasteiger partial charge on any atom is 0.343 e. The third kappa shape index (κ3) is 6.85. The summed E-state index contributed by atoms with van der Waals surface area (Å²) >= 11 is 0. The van der Waals surface area contributed by atoms with E-state index in [1.54, 1.807) is 10.9 Å². The summed E-state index contributed by atoms with van der Waals surface area (Å²) in [4.78, 5) is 15.1. The van der Waals surface area contributed by atoms with Gasteiger partial charge in [0.2, 0.25) is 0 Å². The number of rotatable bonds is 14. The molecular formula is C44H43N7O2. The Kier molecular flexibility index (Phi) is 10.5. The molecule has 7 rings (SSSR count). The summed E-state index contributed by atoms with van der Waals surface area (Å²) in [6.45, 7) is 5.68. The minimum Gasteiger partial charge on any atom is -0.462 e. The van der Waals surface area contributed by atoms with Gasteiger partial charge in [-0.2, -0.15) is 5.10 Å². The zero-order valence-corrected chi connectivity index (χ0v) is 30.3. The summed E-state index contributed by atoms with van der Waals surface area (Å²) in [7, 11) is 1.87. The Hall–Kier alpha value is -6.35. The van der Waals surface area contributed by atoms with Crippen LogP contribution in [-0.4, -0.2) is 49.1 Å². The number of aromatic nitrogens is 6. The Morgan fingerprint density at radius 3 is 1.87 bits per heavy atom. The molecule has 2 aromatic heterocycles. The molecule has 0 aliphatic rings.